The molecule has 0 spiro atoms. The van der Waals surface area contributed by atoms with Crippen molar-refractivity contribution in [2.45, 2.75) is 12.7 Å². The summed E-state index contributed by atoms with van der Waals surface area (Å²) in [7, 11) is 1.21. The number of methoxy groups -OCH3 is 1. The summed E-state index contributed by atoms with van der Waals surface area (Å²) in [4.78, 5) is 24.7. The number of benzene rings is 2. The molecule has 1 aliphatic rings. The normalized spacial score (nSPS) is 15.5. The first-order valence-electron chi connectivity index (χ1n) is 7.07. The molecule has 0 saturated carbocycles. The molecule has 0 N–H and O–H groups in total. The van der Waals surface area contributed by atoms with Crippen LogP contribution < -0.4 is 9.64 Å². The van der Waals surface area contributed by atoms with E-state index in [-0.39, 0.29) is 23.5 Å². The van der Waals surface area contributed by atoms with Crippen molar-refractivity contribution in [3.8, 4) is 5.75 Å². The van der Waals surface area contributed by atoms with E-state index in [1.54, 1.807) is 30.3 Å². The minimum absolute atomic E-state index is 0.0732. The number of fused-ring (bicyclic) bond motifs is 1. The third-order valence-corrected chi connectivity index (χ3v) is 3.59. The van der Waals surface area contributed by atoms with Gasteiger partial charge in [0.1, 0.15) is 0 Å². The zero-order valence-electron chi connectivity index (χ0n) is 12.7. The SMILES string of the molecule is COC(=O)c1ccc2c(c1)N(Cc1ccccc1)C(=O)C(F)(F)O2. The number of hydrogen-bond donors (Lipinski definition) is 0. The molecule has 0 radical (unpaired) electrons. The third-order valence-electron chi connectivity index (χ3n) is 3.59. The zero-order valence-corrected chi connectivity index (χ0v) is 12.7. The Kier molecular flexibility index (Phi) is 3.92. The number of ether oxygens (including phenoxy) is 2. The van der Waals surface area contributed by atoms with Crippen LogP contribution >= 0.6 is 0 Å². The van der Waals surface area contributed by atoms with Crippen LogP contribution in [0.25, 0.3) is 0 Å². The molecule has 1 heterocycles. The Bertz CT molecular complexity index is 792. The fraction of sp³-hybridized carbons (Fsp3) is 0.176. The van der Waals surface area contributed by atoms with Crippen molar-refractivity contribution < 1.29 is 27.8 Å². The first-order valence-corrected chi connectivity index (χ1v) is 7.07. The van der Waals surface area contributed by atoms with Gasteiger partial charge in [-0.3, -0.25) is 9.69 Å². The zero-order chi connectivity index (χ0) is 17.3. The van der Waals surface area contributed by atoms with Gasteiger partial charge in [-0.1, -0.05) is 30.3 Å². The summed E-state index contributed by atoms with van der Waals surface area (Å²) >= 11 is 0. The number of carbonyl (C=O) groups excluding carboxylic acids is 2. The Balaban J connectivity index is 2.06. The molecule has 0 fully saturated rings. The predicted molar refractivity (Wildman–Crippen MR) is 81.0 cm³/mol. The average Bonchev–Trinajstić information content (AvgIpc) is 2.58. The van der Waals surface area contributed by atoms with Crippen molar-refractivity contribution in [2.24, 2.45) is 0 Å². The second kappa shape index (κ2) is 5.92. The lowest BCUT2D eigenvalue weighted by Crippen LogP contribution is -2.50. The predicted octanol–water partition coefficient (Wildman–Crippen LogP) is 2.99. The molecule has 2 aromatic rings. The van der Waals surface area contributed by atoms with Crippen molar-refractivity contribution in [3.05, 3.63) is 59.7 Å². The number of hydrogen-bond acceptors (Lipinski definition) is 4. The van der Waals surface area contributed by atoms with Gasteiger partial charge in [0, 0.05) is 0 Å². The summed E-state index contributed by atoms with van der Waals surface area (Å²) in [5, 5.41) is 0. The molecule has 3 rings (SSSR count). The highest BCUT2D eigenvalue weighted by atomic mass is 19.3. The van der Waals surface area contributed by atoms with E-state index in [9.17, 15) is 18.4 Å². The summed E-state index contributed by atoms with van der Waals surface area (Å²) in [5.41, 5.74) is 0.895. The molecule has 124 valence electrons. The van der Waals surface area contributed by atoms with E-state index >= 15 is 0 Å². The van der Waals surface area contributed by atoms with Gasteiger partial charge in [0.25, 0.3) is 0 Å². The molecule has 0 atom stereocenters. The Labute approximate surface area is 136 Å². The number of anilines is 1. The molecule has 5 nitrogen and oxygen atoms in total. The second-order valence-electron chi connectivity index (χ2n) is 5.17. The molecule has 1 aliphatic heterocycles. The lowest BCUT2D eigenvalue weighted by Gasteiger charge is -2.33. The molecule has 2 aromatic carbocycles. The third kappa shape index (κ3) is 2.80. The molecular formula is C17H13F2NO4. The maximum atomic E-state index is 13.8. The first kappa shape index (κ1) is 15.9. The van der Waals surface area contributed by atoms with Gasteiger partial charge in [-0.25, -0.2) is 4.79 Å². The lowest BCUT2D eigenvalue weighted by atomic mass is 10.1. The number of halogens is 2. The van der Waals surface area contributed by atoms with Gasteiger partial charge in [-0.05, 0) is 23.8 Å². The molecule has 0 bridgehead atoms. The van der Waals surface area contributed by atoms with E-state index in [0.717, 1.165) is 4.90 Å². The van der Waals surface area contributed by atoms with Crippen LogP contribution in [0.5, 0.6) is 5.75 Å². The van der Waals surface area contributed by atoms with Gasteiger partial charge in [-0.2, -0.15) is 8.78 Å². The standard InChI is InChI=1S/C17H13F2NO4/c1-23-15(21)12-7-8-14-13(9-12)20(16(22)17(18,19)24-14)10-11-5-3-2-4-6-11/h2-9H,10H2,1H3. The number of esters is 1. The first-order chi connectivity index (χ1) is 11.4. The van der Waals surface area contributed by atoms with Crippen molar-refractivity contribution in [3.63, 3.8) is 0 Å². The van der Waals surface area contributed by atoms with E-state index in [1.807, 2.05) is 0 Å². The highest BCUT2D eigenvalue weighted by Crippen LogP contribution is 2.40. The van der Waals surface area contributed by atoms with Crippen molar-refractivity contribution in [2.75, 3.05) is 12.0 Å². The molecule has 24 heavy (non-hydrogen) atoms. The van der Waals surface area contributed by atoms with E-state index in [2.05, 4.69) is 9.47 Å². The van der Waals surface area contributed by atoms with E-state index in [0.29, 0.717) is 5.56 Å². The van der Waals surface area contributed by atoms with Gasteiger partial charge in [0.05, 0.1) is 24.9 Å². The summed E-state index contributed by atoms with van der Waals surface area (Å²) in [6.45, 7) is -0.0732. The number of amides is 1. The van der Waals surface area contributed by atoms with Gasteiger partial charge in [-0.15, -0.1) is 0 Å². The number of alkyl halides is 2. The van der Waals surface area contributed by atoms with Gasteiger partial charge >= 0.3 is 18.0 Å². The highest BCUT2D eigenvalue weighted by molar-refractivity contribution is 6.02. The average molecular weight is 333 g/mol. The lowest BCUT2D eigenvalue weighted by molar-refractivity contribution is -0.193. The molecule has 0 aliphatic carbocycles. The molecule has 0 aromatic heterocycles. The molecular weight excluding hydrogens is 320 g/mol. The number of carbonyl (C=O) groups is 2. The van der Waals surface area contributed by atoms with Crippen molar-refractivity contribution in [1.29, 1.82) is 0 Å². The van der Waals surface area contributed by atoms with Crippen LogP contribution in [0.3, 0.4) is 0 Å². The monoisotopic (exact) mass is 333 g/mol. The van der Waals surface area contributed by atoms with E-state index < -0.39 is 18.0 Å². The number of rotatable bonds is 3. The summed E-state index contributed by atoms with van der Waals surface area (Å²) in [6.07, 6.45) is -3.96. The smallest absolute Gasteiger partial charge is 0.465 e. The van der Waals surface area contributed by atoms with Crippen LogP contribution in [0.15, 0.2) is 48.5 Å². The van der Waals surface area contributed by atoms with Crippen molar-refractivity contribution >= 4 is 17.6 Å². The molecule has 0 unspecified atom stereocenters. The van der Waals surface area contributed by atoms with Crippen LogP contribution in [-0.2, 0) is 16.1 Å². The fourth-order valence-electron chi connectivity index (χ4n) is 2.43. The van der Waals surface area contributed by atoms with E-state index in [4.69, 9.17) is 0 Å². The van der Waals surface area contributed by atoms with Gasteiger partial charge in [0.2, 0.25) is 0 Å². The summed E-state index contributed by atoms with van der Waals surface area (Å²) < 4.78 is 36.8. The van der Waals surface area contributed by atoms with Crippen LogP contribution in [0.2, 0.25) is 0 Å². The van der Waals surface area contributed by atoms with Crippen LogP contribution in [-0.4, -0.2) is 25.1 Å². The maximum absolute atomic E-state index is 13.8. The summed E-state index contributed by atoms with van der Waals surface area (Å²) in [5.74, 6) is -2.30. The Morgan fingerprint density at radius 1 is 1.21 bits per heavy atom. The fourth-order valence-corrected chi connectivity index (χ4v) is 2.43. The Hall–Kier alpha value is -2.96. The van der Waals surface area contributed by atoms with Gasteiger partial charge in [0.15, 0.2) is 5.75 Å². The van der Waals surface area contributed by atoms with Crippen LogP contribution in [0, 0.1) is 0 Å². The molecule has 7 heteroatoms. The quantitative estimate of drug-likeness (QED) is 0.811. The van der Waals surface area contributed by atoms with Crippen molar-refractivity contribution in [1.82, 2.24) is 0 Å². The Morgan fingerprint density at radius 2 is 1.92 bits per heavy atom. The molecule has 1 amide bonds. The van der Waals surface area contributed by atoms with Gasteiger partial charge < -0.3 is 9.47 Å². The van der Waals surface area contributed by atoms with Crippen LogP contribution in [0.1, 0.15) is 15.9 Å². The minimum Gasteiger partial charge on any atom is -0.465 e. The minimum atomic E-state index is -3.96. The highest BCUT2D eigenvalue weighted by Gasteiger charge is 2.50. The number of nitrogens with zero attached hydrogens (tertiary/aromatic N) is 1. The summed E-state index contributed by atoms with van der Waals surface area (Å²) in [6, 6.07) is 12.5. The molecule has 0 saturated heterocycles. The Morgan fingerprint density at radius 3 is 2.58 bits per heavy atom. The van der Waals surface area contributed by atoms with Crippen LogP contribution in [0.4, 0.5) is 14.5 Å². The second-order valence-corrected chi connectivity index (χ2v) is 5.17. The topological polar surface area (TPSA) is 55.8 Å². The van der Waals surface area contributed by atoms with E-state index in [1.165, 1.54) is 25.3 Å². The maximum Gasteiger partial charge on any atom is 0.482 e. The largest absolute Gasteiger partial charge is 0.482 e.